The summed E-state index contributed by atoms with van der Waals surface area (Å²) in [5.74, 6) is 0.934. The second kappa shape index (κ2) is 6.32. The van der Waals surface area contributed by atoms with Gasteiger partial charge in [-0.1, -0.05) is 5.16 Å². The highest BCUT2D eigenvalue weighted by Gasteiger charge is 2.40. The summed E-state index contributed by atoms with van der Waals surface area (Å²) in [5.41, 5.74) is 2.23. The van der Waals surface area contributed by atoms with Crippen LogP contribution in [0.3, 0.4) is 0 Å². The summed E-state index contributed by atoms with van der Waals surface area (Å²) < 4.78 is 11.3. The van der Waals surface area contributed by atoms with Crippen molar-refractivity contribution in [3.8, 4) is 0 Å². The summed E-state index contributed by atoms with van der Waals surface area (Å²) in [6, 6.07) is 0.442. The van der Waals surface area contributed by atoms with Gasteiger partial charge in [0.25, 0.3) is 0 Å². The largest absolute Gasteiger partial charge is 0.374 e. The lowest BCUT2D eigenvalue weighted by Gasteiger charge is -2.36. The first-order valence-electron chi connectivity index (χ1n) is 8.09. The predicted molar refractivity (Wildman–Crippen MR) is 87.3 cm³/mol. The first-order valence-corrected chi connectivity index (χ1v) is 8.97. The Morgan fingerprint density at radius 1 is 1.30 bits per heavy atom. The van der Waals surface area contributed by atoms with Crippen LogP contribution in [0.2, 0.25) is 0 Å². The molecule has 4 heterocycles. The lowest BCUT2D eigenvalue weighted by molar-refractivity contribution is -0.0506. The van der Waals surface area contributed by atoms with Gasteiger partial charge in [0.05, 0.1) is 31.0 Å². The van der Waals surface area contributed by atoms with Crippen molar-refractivity contribution >= 4 is 11.3 Å². The standard InChI is InChI=1S/C16H22N4O2S/c1-11-13(12(2)22-18-11)7-20-4-5-21-15-9-19(8-14(15)20)10-16-17-3-6-23-16/h3,6,14-15H,4-5,7-10H2,1-2H3/t14-,15+/m0/s1. The van der Waals surface area contributed by atoms with Gasteiger partial charge in [0, 0.05) is 43.3 Å². The highest BCUT2D eigenvalue weighted by molar-refractivity contribution is 7.09. The Morgan fingerprint density at radius 3 is 2.96 bits per heavy atom. The zero-order valence-electron chi connectivity index (χ0n) is 13.6. The summed E-state index contributed by atoms with van der Waals surface area (Å²) in [6.45, 7) is 9.63. The van der Waals surface area contributed by atoms with E-state index in [9.17, 15) is 0 Å². The van der Waals surface area contributed by atoms with E-state index in [1.807, 2.05) is 25.4 Å². The van der Waals surface area contributed by atoms with Crippen LogP contribution in [-0.4, -0.2) is 58.3 Å². The molecule has 0 saturated carbocycles. The molecule has 23 heavy (non-hydrogen) atoms. The lowest BCUT2D eigenvalue weighted by atomic mass is 10.1. The summed E-state index contributed by atoms with van der Waals surface area (Å²) in [4.78, 5) is 9.39. The first kappa shape index (κ1) is 15.3. The predicted octanol–water partition coefficient (Wildman–Crippen LogP) is 1.83. The van der Waals surface area contributed by atoms with Crippen molar-refractivity contribution in [2.24, 2.45) is 0 Å². The normalized spacial score (nSPS) is 25.8. The molecule has 2 aromatic heterocycles. The fraction of sp³-hybridized carbons (Fsp3) is 0.625. The third kappa shape index (κ3) is 3.06. The minimum Gasteiger partial charge on any atom is -0.374 e. The Morgan fingerprint density at radius 2 is 2.22 bits per heavy atom. The minimum absolute atomic E-state index is 0.296. The Hall–Kier alpha value is -1.28. The molecule has 0 aromatic carbocycles. The number of ether oxygens (including phenoxy) is 1. The van der Waals surface area contributed by atoms with Crippen molar-refractivity contribution in [3.63, 3.8) is 0 Å². The number of nitrogens with zero attached hydrogens (tertiary/aromatic N) is 4. The van der Waals surface area contributed by atoms with Gasteiger partial charge in [-0.25, -0.2) is 4.98 Å². The molecule has 2 aliphatic heterocycles. The number of rotatable bonds is 4. The third-order valence-electron chi connectivity index (χ3n) is 4.88. The smallest absolute Gasteiger partial charge is 0.138 e. The molecule has 6 nitrogen and oxygen atoms in total. The van der Waals surface area contributed by atoms with E-state index in [4.69, 9.17) is 9.26 Å². The number of hydrogen-bond acceptors (Lipinski definition) is 7. The fourth-order valence-corrected chi connectivity index (χ4v) is 4.27. The van der Waals surface area contributed by atoms with E-state index in [0.29, 0.717) is 12.1 Å². The van der Waals surface area contributed by atoms with Crippen LogP contribution in [0, 0.1) is 13.8 Å². The quantitative estimate of drug-likeness (QED) is 0.850. The van der Waals surface area contributed by atoms with Crippen molar-refractivity contribution in [1.29, 1.82) is 0 Å². The van der Waals surface area contributed by atoms with E-state index in [2.05, 4.69) is 19.9 Å². The molecular weight excluding hydrogens is 312 g/mol. The van der Waals surface area contributed by atoms with Crippen LogP contribution in [0.5, 0.6) is 0 Å². The number of hydrogen-bond donors (Lipinski definition) is 0. The topological polar surface area (TPSA) is 54.6 Å². The maximum Gasteiger partial charge on any atom is 0.138 e. The van der Waals surface area contributed by atoms with Crippen LogP contribution in [0.25, 0.3) is 0 Å². The minimum atomic E-state index is 0.296. The van der Waals surface area contributed by atoms with Crippen molar-refractivity contribution in [1.82, 2.24) is 19.9 Å². The Balaban J connectivity index is 1.45. The van der Waals surface area contributed by atoms with Crippen molar-refractivity contribution in [2.75, 3.05) is 26.2 Å². The van der Waals surface area contributed by atoms with Crippen LogP contribution >= 0.6 is 11.3 Å². The second-order valence-electron chi connectivity index (χ2n) is 6.37. The molecule has 0 N–H and O–H groups in total. The molecule has 0 bridgehead atoms. The van der Waals surface area contributed by atoms with E-state index < -0.39 is 0 Å². The van der Waals surface area contributed by atoms with E-state index in [-0.39, 0.29) is 0 Å². The van der Waals surface area contributed by atoms with E-state index in [1.165, 1.54) is 10.6 Å². The molecule has 4 rings (SSSR count). The molecule has 0 amide bonds. The molecule has 0 aliphatic carbocycles. The van der Waals surface area contributed by atoms with Crippen molar-refractivity contribution in [3.05, 3.63) is 33.6 Å². The van der Waals surface area contributed by atoms with Crippen LogP contribution in [0.15, 0.2) is 16.1 Å². The number of aromatic nitrogens is 2. The van der Waals surface area contributed by atoms with Crippen LogP contribution in [0.1, 0.15) is 22.0 Å². The molecular formula is C16H22N4O2S. The van der Waals surface area contributed by atoms with Crippen molar-refractivity contribution in [2.45, 2.75) is 39.1 Å². The van der Waals surface area contributed by atoms with Crippen molar-refractivity contribution < 1.29 is 9.26 Å². The maximum atomic E-state index is 6.02. The van der Waals surface area contributed by atoms with Crippen LogP contribution < -0.4 is 0 Å². The van der Waals surface area contributed by atoms with Crippen LogP contribution in [-0.2, 0) is 17.8 Å². The number of morpholine rings is 1. The third-order valence-corrected chi connectivity index (χ3v) is 5.64. The average molecular weight is 334 g/mol. The number of thiazole rings is 1. The molecule has 2 atom stereocenters. The van der Waals surface area contributed by atoms with Gasteiger partial charge in [-0.2, -0.15) is 0 Å². The summed E-state index contributed by atoms with van der Waals surface area (Å²) in [7, 11) is 0. The van der Waals surface area contributed by atoms with Gasteiger partial charge in [-0.15, -0.1) is 11.3 Å². The highest BCUT2D eigenvalue weighted by Crippen LogP contribution is 2.27. The maximum absolute atomic E-state index is 6.02. The molecule has 2 aliphatic rings. The second-order valence-corrected chi connectivity index (χ2v) is 7.35. The molecule has 0 unspecified atom stereocenters. The van der Waals surface area contributed by atoms with Gasteiger partial charge >= 0.3 is 0 Å². The van der Waals surface area contributed by atoms with Crippen LogP contribution in [0.4, 0.5) is 0 Å². The molecule has 0 spiro atoms. The van der Waals surface area contributed by atoms with Gasteiger partial charge in [-0.05, 0) is 13.8 Å². The first-order chi connectivity index (χ1) is 11.2. The molecule has 2 aromatic rings. The van der Waals surface area contributed by atoms with Gasteiger partial charge in [-0.3, -0.25) is 9.80 Å². The SMILES string of the molecule is Cc1noc(C)c1CN1CCO[C@@H]2CN(Cc3nccs3)C[C@@H]21. The number of aryl methyl sites for hydroxylation is 2. The molecule has 0 radical (unpaired) electrons. The van der Waals surface area contributed by atoms with E-state index >= 15 is 0 Å². The molecule has 2 fully saturated rings. The zero-order valence-corrected chi connectivity index (χ0v) is 14.4. The summed E-state index contributed by atoms with van der Waals surface area (Å²) in [6.07, 6.45) is 2.17. The van der Waals surface area contributed by atoms with Gasteiger partial charge in [0.2, 0.25) is 0 Å². The number of likely N-dealkylation sites (tertiary alicyclic amines) is 1. The van der Waals surface area contributed by atoms with E-state index in [1.54, 1.807) is 11.3 Å². The van der Waals surface area contributed by atoms with Gasteiger partial charge < -0.3 is 9.26 Å². The van der Waals surface area contributed by atoms with Gasteiger partial charge in [0.1, 0.15) is 10.8 Å². The van der Waals surface area contributed by atoms with E-state index in [0.717, 1.165) is 50.8 Å². The summed E-state index contributed by atoms with van der Waals surface area (Å²) in [5, 5.41) is 7.30. The lowest BCUT2D eigenvalue weighted by Crippen LogP contribution is -2.50. The number of fused-ring (bicyclic) bond motifs is 1. The monoisotopic (exact) mass is 334 g/mol. The highest BCUT2D eigenvalue weighted by atomic mass is 32.1. The fourth-order valence-electron chi connectivity index (χ4n) is 3.61. The van der Waals surface area contributed by atoms with Gasteiger partial charge in [0.15, 0.2) is 0 Å². The average Bonchev–Trinajstić information content (AvgIpc) is 3.25. The zero-order chi connectivity index (χ0) is 15.8. The molecule has 7 heteroatoms. The molecule has 124 valence electrons. The Bertz CT molecular complexity index is 638. The Kier molecular flexibility index (Phi) is 4.19. The Labute approximate surface area is 140 Å². The summed E-state index contributed by atoms with van der Waals surface area (Å²) >= 11 is 1.72. The molecule has 2 saturated heterocycles.